The second-order valence-electron chi connectivity index (χ2n) is 6.49. The van der Waals surface area contributed by atoms with E-state index in [9.17, 15) is 5.11 Å². The van der Waals surface area contributed by atoms with E-state index >= 15 is 0 Å². The van der Waals surface area contributed by atoms with Crippen LogP contribution in [0.5, 0.6) is 17.2 Å². The molecule has 2 rings (SSSR count). The van der Waals surface area contributed by atoms with Crippen molar-refractivity contribution in [1.29, 1.82) is 0 Å². The number of hydrogen-bond acceptors (Lipinski definition) is 5. The summed E-state index contributed by atoms with van der Waals surface area (Å²) in [4.78, 5) is 4.54. The van der Waals surface area contributed by atoms with Gasteiger partial charge in [-0.2, -0.15) is 0 Å². The molecule has 2 unspecified atom stereocenters. The van der Waals surface area contributed by atoms with E-state index in [0.717, 1.165) is 22.6 Å². The number of aliphatic hydroxyl groups excluding tert-OH is 1. The number of guanidine groups is 1. The number of ether oxygens (including phenoxy) is 3. The maximum atomic E-state index is 10.5. The minimum absolute atomic E-state index is 0. The number of aliphatic hydroxyl groups is 1. The molecule has 0 fully saturated rings. The molecule has 0 heterocycles. The largest absolute Gasteiger partial charge is 0.497 e. The average Bonchev–Trinajstić information content (AvgIpc) is 2.76. The topological polar surface area (TPSA) is 84.3 Å². The summed E-state index contributed by atoms with van der Waals surface area (Å²) >= 11 is 0. The zero-order chi connectivity index (χ0) is 21.2. The quantitative estimate of drug-likeness (QED) is 0.261. The highest BCUT2D eigenvalue weighted by atomic mass is 127. The second-order valence-corrected chi connectivity index (χ2v) is 6.49. The Labute approximate surface area is 195 Å². The molecule has 2 aromatic carbocycles. The Balaban J connectivity index is 0.00000450. The van der Waals surface area contributed by atoms with Crippen molar-refractivity contribution < 1.29 is 19.3 Å². The maximum Gasteiger partial charge on any atom is 0.191 e. The SMILES string of the molecule is CCNC(=NCC(O)c1cccc(OC)c1)NC(C)c1cc(OC)ccc1OC.I. The molecule has 0 saturated carbocycles. The van der Waals surface area contributed by atoms with Crippen molar-refractivity contribution in [2.45, 2.75) is 26.0 Å². The second kappa shape index (κ2) is 13.2. The fourth-order valence-electron chi connectivity index (χ4n) is 2.91. The molecule has 0 spiro atoms. The van der Waals surface area contributed by atoms with Crippen LogP contribution in [0.25, 0.3) is 0 Å². The van der Waals surface area contributed by atoms with E-state index in [1.807, 2.05) is 56.3 Å². The van der Waals surface area contributed by atoms with E-state index in [1.165, 1.54) is 0 Å². The molecule has 0 radical (unpaired) electrons. The standard InChI is InChI=1S/C22H31N3O4.HI/c1-6-23-22(24-14-20(26)16-8-7-9-17(12-16)27-3)25-15(2)19-13-18(28-4)10-11-21(19)29-5;/h7-13,15,20,26H,6,14H2,1-5H3,(H2,23,24,25);1H. The lowest BCUT2D eigenvalue weighted by molar-refractivity contribution is 0.186. The summed E-state index contributed by atoms with van der Waals surface area (Å²) < 4.78 is 16.0. The zero-order valence-corrected chi connectivity index (χ0v) is 20.5. The number of benzene rings is 2. The Bertz CT molecular complexity index is 817. The van der Waals surface area contributed by atoms with Crippen molar-refractivity contribution in [2.24, 2.45) is 4.99 Å². The molecule has 0 aliphatic carbocycles. The summed E-state index contributed by atoms with van der Waals surface area (Å²) in [5.74, 6) is 2.82. The first-order valence-electron chi connectivity index (χ1n) is 9.61. The number of methoxy groups -OCH3 is 3. The van der Waals surface area contributed by atoms with Gasteiger partial charge in [0, 0.05) is 12.1 Å². The lowest BCUT2D eigenvalue weighted by atomic mass is 10.1. The van der Waals surface area contributed by atoms with Gasteiger partial charge in [-0.1, -0.05) is 12.1 Å². The molecule has 0 amide bonds. The minimum Gasteiger partial charge on any atom is -0.497 e. The van der Waals surface area contributed by atoms with Gasteiger partial charge in [0.1, 0.15) is 17.2 Å². The summed E-state index contributed by atoms with van der Waals surface area (Å²) in [6, 6.07) is 12.9. The third-order valence-corrected chi connectivity index (χ3v) is 4.50. The van der Waals surface area contributed by atoms with Crippen LogP contribution >= 0.6 is 24.0 Å². The summed E-state index contributed by atoms with van der Waals surface area (Å²) in [5.41, 5.74) is 1.71. The number of hydrogen-bond donors (Lipinski definition) is 3. The van der Waals surface area contributed by atoms with Crippen LogP contribution < -0.4 is 24.8 Å². The van der Waals surface area contributed by atoms with Gasteiger partial charge in [0.25, 0.3) is 0 Å². The van der Waals surface area contributed by atoms with Gasteiger partial charge in [0.2, 0.25) is 0 Å². The lowest BCUT2D eigenvalue weighted by Gasteiger charge is -2.21. The van der Waals surface area contributed by atoms with E-state index in [-0.39, 0.29) is 36.6 Å². The van der Waals surface area contributed by atoms with Crippen molar-refractivity contribution in [2.75, 3.05) is 34.4 Å². The van der Waals surface area contributed by atoms with Gasteiger partial charge >= 0.3 is 0 Å². The first-order valence-corrected chi connectivity index (χ1v) is 9.61. The van der Waals surface area contributed by atoms with Gasteiger partial charge in [-0.25, -0.2) is 0 Å². The fraction of sp³-hybridized carbons (Fsp3) is 0.409. The van der Waals surface area contributed by atoms with E-state index in [0.29, 0.717) is 18.3 Å². The zero-order valence-electron chi connectivity index (χ0n) is 18.1. The number of rotatable bonds is 9. The Morgan fingerprint density at radius 3 is 2.37 bits per heavy atom. The van der Waals surface area contributed by atoms with Crippen molar-refractivity contribution in [3.8, 4) is 17.2 Å². The Morgan fingerprint density at radius 2 is 1.73 bits per heavy atom. The first kappa shape index (κ1) is 25.8. The third-order valence-electron chi connectivity index (χ3n) is 4.50. The van der Waals surface area contributed by atoms with Crippen LogP contribution in [0, 0.1) is 0 Å². The van der Waals surface area contributed by atoms with Crippen LogP contribution in [0.2, 0.25) is 0 Å². The van der Waals surface area contributed by atoms with Gasteiger partial charge in [0.05, 0.1) is 40.0 Å². The monoisotopic (exact) mass is 529 g/mol. The smallest absolute Gasteiger partial charge is 0.191 e. The van der Waals surface area contributed by atoms with Crippen molar-refractivity contribution >= 4 is 29.9 Å². The average molecular weight is 529 g/mol. The van der Waals surface area contributed by atoms with Crippen molar-refractivity contribution in [1.82, 2.24) is 10.6 Å². The predicted molar refractivity (Wildman–Crippen MR) is 130 cm³/mol. The highest BCUT2D eigenvalue weighted by molar-refractivity contribution is 14.0. The summed E-state index contributed by atoms with van der Waals surface area (Å²) in [5, 5.41) is 17.1. The molecule has 3 N–H and O–H groups in total. The maximum absolute atomic E-state index is 10.5. The highest BCUT2D eigenvalue weighted by Crippen LogP contribution is 2.29. The van der Waals surface area contributed by atoms with Gasteiger partial charge < -0.3 is 30.0 Å². The summed E-state index contributed by atoms with van der Waals surface area (Å²) in [6.45, 7) is 4.92. The molecule has 166 valence electrons. The normalized spacial score (nSPS) is 12.9. The van der Waals surface area contributed by atoms with Crippen LogP contribution in [0.1, 0.15) is 37.1 Å². The molecule has 2 aromatic rings. The lowest BCUT2D eigenvalue weighted by Crippen LogP contribution is -2.39. The molecular weight excluding hydrogens is 497 g/mol. The van der Waals surface area contributed by atoms with E-state index in [1.54, 1.807) is 21.3 Å². The van der Waals surface area contributed by atoms with Crippen molar-refractivity contribution in [3.63, 3.8) is 0 Å². The molecule has 7 nitrogen and oxygen atoms in total. The summed E-state index contributed by atoms with van der Waals surface area (Å²) in [6.07, 6.45) is -0.734. The van der Waals surface area contributed by atoms with Crippen LogP contribution in [-0.2, 0) is 0 Å². The van der Waals surface area contributed by atoms with Gasteiger partial charge in [-0.3, -0.25) is 4.99 Å². The Morgan fingerprint density at radius 1 is 1.03 bits per heavy atom. The number of nitrogens with one attached hydrogen (secondary N) is 2. The van der Waals surface area contributed by atoms with E-state index < -0.39 is 6.10 Å². The molecule has 8 heteroatoms. The number of aliphatic imine (C=N–C) groups is 1. The van der Waals surface area contributed by atoms with E-state index in [4.69, 9.17) is 14.2 Å². The van der Waals surface area contributed by atoms with Gasteiger partial charge in [0.15, 0.2) is 5.96 Å². The molecule has 0 saturated heterocycles. The Hall–Kier alpha value is -2.20. The van der Waals surface area contributed by atoms with Crippen LogP contribution in [0.4, 0.5) is 0 Å². The molecule has 30 heavy (non-hydrogen) atoms. The molecule has 2 atom stereocenters. The number of nitrogens with zero attached hydrogens (tertiary/aromatic N) is 1. The molecule has 0 aromatic heterocycles. The highest BCUT2D eigenvalue weighted by Gasteiger charge is 2.15. The third kappa shape index (κ3) is 7.24. The molecule has 0 aliphatic heterocycles. The predicted octanol–water partition coefficient (Wildman–Crippen LogP) is 3.68. The minimum atomic E-state index is -0.734. The molecule has 0 aliphatic rings. The summed E-state index contributed by atoms with van der Waals surface area (Å²) in [7, 11) is 4.88. The van der Waals surface area contributed by atoms with Crippen LogP contribution in [0.15, 0.2) is 47.5 Å². The van der Waals surface area contributed by atoms with Crippen LogP contribution in [-0.4, -0.2) is 45.5 Å². The number of halogens is 1. The van der Waals surface area contributed by atoms with E-state index in [2.05, 4.69) is 15.6 Å². The first-order chi connectivity index (χ1) is 14.0. The van der Waals surface area contributed by atoms with Gasteiger partial charge in [-0.15, -0.1) is 24.0 Å². The van der Waals surface area contributed by atoms with Crippen LogP contribution in [0.3, 0.4) is 0 Å². The molecule has 0 bridgehead atoms. The fourth-order valence-corrected chi connectivity index (χ4v) is 2.91. The Kier molecular flexibility index (Phi) is 11.3. The molecular formula is C22H32IN3O4. The van der Waals surface area contributed by atoms with Crippen molar-refractivity contribution in [3.05, 3.63) is 53.6 Å². The van der Waals surface area contributed by atoms with Gasteiger partial charge in [-0.05, 0) is 49.7 Å².